The summed E-state index contributed by atoms with van der Waals surface area (Å²) in [5.74, 6) is -0.257. The van der Waals surface area contributed by atoms with Crippen LogP contribution in [0.25, 0.3) is 11.3 Å². The zero-order chi connectivity index (χ0) is 23.4. The maximum Gasteiger partial charge on any atom is 0.261 e. The predicted octanol–water partition coefficient (Wildman–Crippen LogP) is 5.09. The lowest BCUT2D eigenvalue weighted by atomic mass is 10.1. The second kappa shape index (κ2) is 10.3. The van der Waals surface area contributed by atoms with Gasteiger partial charge in [0.25, 0.3) is 5.91 Å². The molecule has 0 bridgehead atoms. The van der Waals surface area contributed by atoms with Crippen LogP contribution in [0.3, 0.4) is 0 Å². The van der Waals surface area contributed by atoms with Gasteiger partial charge in [-0.25, -0.2) is 5.43 Å². The number of rotatable bonds is 7. The van der Waals surface area contributed by atoms with Crippen molar-refractivity contribution in [1.82, 2.24) is 25.0 Å². The molecule has 4 rings (SSSR count). The monoisotopic (exact) mass is 568 g/mol. The van der Waals surface area contributed by atoms with Gasteiger partial charge in [-0.1, -0.05) is 58.4 Å². The highest BCUT2D eigenvalue weighted by atomic mass is 79.9. The van der Waals surface area contributed by atoms with Gasteiger partial charge in [0, 0.05) is 21.8 Å². The minimum Gasteiger partial charge on any atom is -0.271 e. The summed E-state index contributed by atoms with van der Waals surface area (Å²) in [5, 5.41) is 13.3. The van der Waals surface area contributed by atoms with E-state index in [2.05, 4.69) is 59.6 Å². The van der Waals surface area contributed by atoms with E-state index in [0.717, 1.165) is 42.7 Å². The molecular formula is C24H22Br2N6O. The third-order valence-electron chi connectivity index (χ3n) is 5.07. The van der Waals surface area contributed by atoms with Gasteiger partial charge in [0.15, 0.2) is 0 Å². The van der Waals surface area contributed by atoms with E-state index in [1.165, 1.54) is 0 Å². The van der Waals surface area contributed by atoms with Crippen LogP contribution in [-0.2, 0) is 17.9 Å². The van der Waals surface area contributed by atoms with Gasteiger partial charge in [0.1, 0.15) is 12.2 Å². The van der Waals surface area contributed by atoms with Crippen molar-refractivity contribution >= 4 is 44.0 Å². The van der Waals surface area contributed by atoms with Crippen molar-refractivity contribution in [2.24, 2.45) is 5.10 Å². The number of carbonyl (C=O) groups is 1. The third kappa shape index (κ3) is 5.66. The molecule has 0 aliphatic carbocycles. The maximum atomic E-state index is 12.4. The van der Waals surface area contributed by atoms with Gasteiger partial charge in [0.2, 0.25) is 0 Å². The van der Waals surface area contributed by atoms with Crippen molar-refractivity contribution < 1.29 is 4.79 Å². The van der Waals surface area contributed by atoms with Crippen LogP contribution in [0.1, 0.15) is 22.5 Å². The zero-order valence-corrected chi connectivity index (χ0v) is 21.3. The molecule has 2 heterocycles. The van der Waals surface area contributed by atoms with Crippen LogP contribution >= 0.6 is 31.9 Å². The molecule has 1 amide bonds. The molecule has 0 spiro atoms. The first-order valence-electron chi connectivity index (χ1n) is 10.3. The fraction of sp³-hybridized carbons (Fsp3) is 0.167. The number of nitrogens with one attached hydrogen (secondary N) is 1. The number of hydrogen-bond acceptors (Lipinski definition) is 4. The van der Waals surface area contributed by atoms with Gasteiger partial charge in [-0.2, -0.15) is 15.3 Å². The molecule has 2 aromatic heterocycles. The Labute approximate surface area is 208 Å². The first kappa shape index (κ1) is 23.1. The number of nitrogens with zero attached hydrogens (tertiary/aromatic N) is 5. The summed E-state index contributed by atoms with van der Waals surface area (Å²) in [6, 6.07) is 18.0. The Balaban J connectivity index is 1.52. The van der Waals surface area contributed by atoms with Crippen molar-refractivity contribution in [3.63, 3.8) is 0 Å². The molecule has 0 fully saturated rings. The Morgan fingerprint density at radius 2 is 1.79 bits per heavy atom. The van der Waals surface area contributed by atoms with Gasteiger partial charge in [-0.15, -0.1) is 0 Å². The average molecular weight is 570 g/mol. The Morgan fingerprint density at radius 3 is 2.45 bits per heavy atom. The molecule has 9 heteroatoms. The highest BCUT2D eigenvalue weighted by Crippen LogP contribution is 2.22. The summed E-state index contributed by atoms with van der Waals surface area (Å²) in [5.41, 5.74) is 8.05. The standard InChI is InChI=1S/C24H22Br2N6O/c1-16-23(26)17(2)32(29-16)15-22(33)28-27-12-20-14-31(13-18-8-10-21(25)11-9-18)30-24(20)19-6-4-3-5-7-19/h3-12,14H,13,15H2,1-2H3,(H,28,33)/b27-12+. The Morgan fingerprint density at radius 1 is 1.06 bits per heavy atom. The van der Waals surface area contributed by atoms with Crippen LogP contribution in [-0.4, -0.2) is 31.7 Å². The third-order valence-corrected chi connectivity index (χ3v) is 6.75. The van der Waals surface area contributed by atoms with Gasteiger partial charge >= 0.3 is 0 Å². The van der Waals surface area contributed by atoms with E-state index in [0.29, 0.717) is 6.54 Å². The fourth-order valence-corrected chi connectivity index (χ4v) is 3.93. The zero-order valence-electron chi connectivity index (χ0n) is 18.2. The molecule has 0 aliphatic rings. The normalized spacial score (nSPS) is 11.3. The summed E-state index contributed by atoms with van der Waals surface area (Å²) < 4.78 is 5.47. The summed E-state index contributed by atoms with van der Waals surface area (Å²) >= 11 is 6.94. The van der Waals surface area contributed by atoms with Crippen LogP contribution in [0.4, 0.5) is 0 Å². The van der Waals surface area contributed by atoms with Crippen LogP contribution < -0.4 is 5.43 Å². The van der Waals surface area contributed by atoms with Crippen molar-refractivity contribution in [2.45, 2.75) is 26.9 Å². The second-order valence-electron chi connectivity index (χ2n) is 7.56. The molecule has 33 heavy (non-hydrogen) atoms. The molecule has 168 valence electrons. The van der Waals surface area contributed by atoms with Crippen LogP contribution in [0.5, 0.6) is 0 Å². The molecule has 1 N–H and O–H groups in total. The van der Waals surface area contributed by atoms with E-state index in [4.69, 9.17) is 5.10 Å². The molecular weight excluding hydrogens is 548 g/mol. The van der Waals surface area contributed by atoms with Crippen molar-refractivity contribution in [1.29, 1.82) is 0 Å². The fourth-order valence-electron chi connectivity index (χ4n) is 3.38. The summed E-state index contributed by atoms with van der Waals surface area (Å²) in [7, 11) is 0. The molecule has 0 unspecified atom stereocenters. The molecule has 0 radical (unpaired) electrons. The molecule has 7 nitrogen and oxygen atoms in total. The predicted molar refractivity (Wildman–Crippen MR) is 136 cm³/mol. The van der Waals surface area contributed by atoms with E-state index < -0.39 is 0 Å². The van der Waals surface area contributed by atoms with E-state index in [1.54, 1.807) is 10.9 Å². The van der Waals surface area contributed by atoms with Gasteiger partial charge in [-0.05, 0) is 47.5 Å². The number of halogens is 2. The van der Waals surface area contributed by atoms with E-state index >= 15 is 0 Å². The molecule has 2 aromatic carbocycles. The Bertz CT molecular complexity index is 1290. The smallest absolute Gasteiger partial charge is 0.261 e. The van der Waals surface area contributed by atoms with E-state index in [-0.39, 0.29) is 12.5 Å². The first-order chi connectivity index (χ1) is 15.9. The van der Waals surface area contributed by atoms with E-state index in [9.17, 15) is 4.79 Å². The molecule has 0 atom stereocenters. The summed E-state index contributed by atoms with van der Waals surface area (Å²) in [6.07, 6.45) is 3.56. The number of aromatic nitrogens is 4. The van der Waals surface area contributed by atoms with Crippen LogP contribution in [0.15, 0.2) is 74.8 Å². The van der Waals surface area contributed by atoms with Gasteiger partial charge in [-0.3, -0.25) is 14.2 Å². The van der Waals surface area contributed by atoms with Crippen molar-refractivity contribution in [3.05, 3.63) is 92.3 Å². The van der Waals surface area contributed by atoms with Crippen molar-refractivity contribution in [3.8, 4) is 11.3 Å². The minimum absolute atomic E-state index is 0.0873. The number of amides is 1. The van der Waals surface area contributed by atoms with Crippen molar-refractivity contribution in [2.75, 3.05) is 0 Å². The lowest BCUT2D eigenvalue weighted by Gasteiger charge is -2.03. The van der Waals surface area contributed by atoms with Gasteiger partial charge < -0.3 is 0 Å². The molecule has 4 aromatic rings. The number of hydrazone groups is 1. The molecule has 0 saturated carbocycles. The summed E-state index contributed by atoms with van der Waals surface area (Å²) in [4.78, 5) is 12.4. The van der Waals surface area contributed by atoms with Crippen LogP contribution in [0.2, 0.25) is 0 Å². The number of carbonyl (C=O) groups excluding carboxylic acids is 1. The highest BCUT2D eigenvalue weighted by Gasteiger charge is 2.13. The second-order valence-corrected chi connectivity index (χ2v) is 9.27. The van der Waals surface area contributed by atoms with Gasteiger partial charge in [0.05, 0.1) is 28.6 Å². The lowest BCUT2D eigenvalue weighted by molar-refractivity contribution is -0.121. The summed E-state index contributed by atoms with van der Waals surface area (Å²) in [6.45, 7) is 4.51. The Kier molecular flexibility index (Phi) is 7.20. The first-order valence-corrected chi connectivity index (χ1v) is 11.9. The lowest BCUT2D eigenvalue weighted by Crippen LogP contribution is -2.24. The number of benzene rings is 2. The Hall–Kier alpha value is -3.04. The topological polar surface area (TPSA) is 77.1 Å². The average Bonchev–Trinajstić information content (AvgIpc) is 3.31. The quantitative estimate of drug-likeness (QED) is 0.249. The number of aryl methyl sites for hydroxylation is 1. The largest absolute Gasteiger partial charge is 0.271 e. The highest BCUT2D eigenvalue weighted by molar-refractivity contribution is 9.10. The SMILES string of the molecule is Cc1nn(CC(=O)N/N=C/c2cn(Cc3ccc(Br)cc3)nc2-c2ccccc2)c(C)c1Br. The van der Waals surface area contributed by atoms with E-state index in [1.807, 2.05) is 67.2 Å². The molecule has 0 aliphatic heterocycles. The number of hydrogen-bond donors (Lipinski definition) is 1. The van der Waals surface area contributed by atoms with Crippen LogP contribution in [0, 0.1) is 13.8 Å². The molecule has 0 saturated heterocycles. The minimum atomic E-state index is -0.257. The maximum absolute atomic E-state index is 12.4.